The highest BCUT2D eigenvalue weighted by Gasteiger charge is 2.20. The van der Waals surface area contributed by atoms with Crippen molar-refractivity contribution < 1.29 is 14.3 Å². The molecule has 5 nitrogen and oxygen atoms in total. The number of hydrogen-bond acceptors (Lipinski definition) is 4. The molecule has 1 aromatic carbocycles. The van der Waals surface area contributed by atoms with E-state index in [-0.39, 0.29) is 0 Å². The fraction of sp³-hybridized carbons (Fsp3) is 0.611. The second-order valence-electron chi connectivity index (χ2n) is 7.06. The Bertz CT molecular complexity index is 500. The van der Waals surface area contributed by atoms with Crippen molar-refractivity contribution in [2.75, 3.05) is 17.7 Å². The van der Waals surface area contributed by atoms with Gasteiger partial charge in [0.15, 0.2) is 0 Å². The van der Waals surface area contributed by atoms with Crippen LogP contribution in [0.15, 0.2) is 24.3 Å². The highest BCUT2D eigenvalue weighted by atomic mass is 16.6. The smallest absolute Gasteiger partial charge is 0.412 e. The number of anilines is 2. The first-order valence-electron chi connectivity index (χ1n) is 8.25. The van der Waals surface area contributed by atoms with Gasteiger partial charge < -0.3 is 14.8 Å². The van der Waals surface area contributed by atoms with Crippen LogP contribution in [-0.4, -0.2) is 30.9 Å². The summed E-state index contributed by atoms with van der Waals surface area (Å²) in [7, 11) is 1.79. The van der Waals surface area contributed by atoms with Gasteiger partial charge in [0.1, 0.15) is 5.60 Å². The van der Waals surface area contributed by atoms with Crippen LogP contribution in [0.4, 0.5) is 16.2 Å². The van der Waals surface area contributed by atoms with Crippen LogP contribution in [0.2, 0.25) is 0 Å². The minimum Gasteiger partial charge on any atom is -0.444 e. The van der Waals surface area contributed by atoms with E-state index in [2.05, 4.69) is 10.6 Å². The first-order chi connectivity index (χ1) is 10.9. The van der Waals surface area contributed by atoms with Crippen LogP contribution in [0.25, 0.3) is 0 Å². The summed E-state index contributed by atoms with van der Waals surface area (Å²) in [5, 5.41) is 6.28. The zero-order valence-corrected chi connectivity index (χ0v) is 14.5. The Balaban J connectivity index is 1.82. The van der Waals surface area contributed by atoms with Gasteiger partial charge in [-0.05, 0) is 70.7 Å². The summed E-state index contributed by atoms with van der Waals surface area (Å²) in [6.45, 7) is 5.54. The van der Waals surface area contributed by atoms with E-state index in [9.17, 15) is 4.79 Å². The highest BCUT2D eigenvalue weighted by Crippen LogP contribution is 2.24. The number of carbonyl (C=O) groups is 1. The molecule has 2 rings (SSSR count). The fourth-order valence-corrected chi connectivity index (χ4v) is 2.75. The van der Waals surface area contributed by atoms with E-state index < -0.39 is 11.7 Å². The van der Waals surface area contributed by atoms with Gasteiger partial charge in [-0.1, -0.05) is 0 Å². The lowest BCUT2D eigenvalue weighted by atomic mass is 9.93. The van der Waals surface area contributed by atoms with Gasteiger partial charge in [0.2, 0.25) is 0 Å². The van der Waals surface area contributed by atoms with Crippen molar-refractivity contribution in [3.05, 3.63) is 24.3 Å². The zero-order valence-electron chi connectivity index (χ0n) is 14.5. The average molecular weight is 320 g/mol. The molecule has 23 heavy (non-hydrogen) atoms. The second-order valence-corrected chi connectivity index (χ2v) is 7.06. The first kappa shape index (κ1) is 17.6. The molecule has 1 aromatic rings. The standard InChI is InChI=1S/C18H28N2O3/c1-18(2,3)23-17(21)20-15-7-5-13(6-8-15)19-14-9-11-16(22-4)12-10-14/h5-8,14,16,19H,9-12H2,1-4H3,(H,20,21). The topological polar surface area (TPSA) is 59.6 Å². The molecule has 0 spiro atoms. The molecule has 5 heteroatoms. The molecule has 2 N–H and O–H groups in total. The number of hydrogen-bond donors (Lipinski definition) is 2. The predicted octanol–water partition coefficient (Wildman–Crippen LogP) is 4.40. The molecule has 0 saturated heterocycles. The van der Waals surface area contributed by atoms with Gasteiger partial charge >= 0.3 is 6.09 Å². The Hall–Kier alpha value is -1.75. The molecular weight excluding hydrogens is 292 g/mol. The van der Waals surface area contributed by atoms with E-state index >= 15 is 0 Å². The van der Waals surface area contributed by atoms with Gasteiger partial charge in [0.25, 0.3) is 0 Å². The van der Waals surface area contributed by atoms with Gasteiger partial charge in [0.05, 0.1) is 6.10 Å². The number of nitrogens with one attached hydrogen (secondary N) is 2. The predicted molar refractivity (Wildman–Crippen MR) is 93.0 cm³/mol. The summed E-state index contributed by atoms with van der Waals surface area (Å²) in [6.07, 6.45) is 4.43. The molecule has 1 fully saturated rings. The SMILES string of the molecule is COC1CCC(Nc2ccc(NC(=O)OC(C)(C)C)cc2)CC1. The number of amides is 1. The van der Waals surface area contributed by atoms with Gasteiger partial charge in [-0.3, -0.25) is 5.32 Å². The van der Waals surface area contributed by atoms with Crippen molar-refractivity contribution in [2.24, 2.45) is 0 Å². The molecule has 128 valence electrons. The monoisotopic (exact) mass is 320 g/mol. The van der Waals surface area contributed by atoms with Crippen LogP contribution in [0.3, 0.4) is 0 Å². The van der Waals surface area contributed by atoms with Crippen molar-refractivity contribution >= 4 is 17.5 Å². The summed E-state index contributed by atoms with van der Waals surface area (Å²) >= 11 is 0. The zero-order chi connectivity index (χ0) is 16.9. The van der Waals surface area contributed by atoms with E-state index in [0.717, 1.165) is 37.1 Å². The second kappa shape index (κ2) is 7.68. The lowest BCUT2D eigenvalue weighted by molar-refractivity contribution is 0.0636. The maximum atomic E-state index is 11.7. The number of rotatable bonds is 4. The largest absolute Gasteiger partial charge is 0.444 e. The summed E-state index contributed by atoms with van der Waals surface area (Å²) in [4.78, 5) is 11.7. The third-order valence-corrected chi connectivity index (χ3v) is 3.91. The van der Waals surface area contributed by atoms with Crippen molar-refractivity contribution in [2.45, 2.75) is 64.2 Å². The lowest BCUT2D eigenvalue weighted by Crippen LogP contribution is -2.29. The van der Waals surface area contributed by atoms with Gasteiger partial charge in [0, 0.05) is 24.5 Å². The molecule has 0 atom stereocenters. The van der Waals surface area contributed by atoms with Crippen LogP contribution in [0.5, 0.6) is 0 Å². The Labute approximate surface area is 138 Å². The van der Waals surface area contributed by atoms with Gasteiger partial charge in [-0.25, -0.2) is 4.79 Å². The van der Waals surface area contributed by atoms with Crippen molar-refractivity contribution in [1.82, 2.24) is 0 Å². The summed E-state index contributed by atoms with van der Waals surface area (Å²) in [5.74, 6) is 0. The molecule has 0 heterocycles. The number of ether oxygens (including phenoxy) is 2. The molecule has 0 aliphatic heterocycles. The third kappa shape index (κ3) is 6.10. The van der Waals surface area contributed by atoms with Crippen LogP contribution < -0.4 is 10.6 Å². The molecule has 0 radical (unpaired) electrons. The van der Waals surface area contributed by atoms with E-state index in [1.807, 2.05) is 45.0 Å². The maximum Gasteiger partial charge on any atom is 0.412 e. The summed E-state index contributed by atoms with van der Waals surface area (Å²) in [5.41, 5.74) is 1.31. The van der Waals surface area contributed by atoms with E-state index in [1.165, 1.54) is 0 Å². The Morgan fingerprint density at radius 1 is 1.04 bits per heavy atom. The molecule has 0 aromatic heterocycles. The quantitative estimate of drug-likeness (QED) is 0.863. The van der Waals surface area contributed by atoms with Gasteiger partial charge in [-0.15, -0.1) is 0 Å². The molecule has 1 amide bonds. The maximum absolute atomic E-state index is 11.7. The third-order valence-electron chi connectivity index (χ3n) is 3.91. The van der Waals surface area contributed by atoms with Crippen LogP contribution in [0, 0.1) is 0 Å². The minimum absolute atomic E-state index is 0.411. The van der Waals surface area contributed by atoms with E-state index in [0.29, 0.717) is 12.1 Å². The molecular formula is C18H28N2O3. The Kier molecular flexibility index (Phi) is 5.88. The molecule has 1 saturated carbocycles. The summed E-state index contributed by atoms with van der Waals surface area (Å²) in [6, 6.07) is 8.22. The van der Waals surface area contributed by atoms with E-state index in [1.54, 1.807) is 7.11 Å². The number of benzene rings is 1. The minimum atomic E-state index is -0.493. The molecule has 1 aliphatic carbocycles. The number of carbonyl (C=O) groups excluding carboxylic acids is 1. The number of methoxy groups -OCH3 is 1. The van der Waals surface area contributed by atoms with Crippen LogP contribution in [0.1, 0.15) is 46.5 Å². The van der Waals surface area contributed by atoms with Gasteiger partial charge in [-0.2, -0.15) is 0 Å². The Morgan fingerprint density at radius 2 is 1.61 bits per heavy atom. The van der Waals surface area contributed by atoms with Crippen LogP contribution >= 0.6 is 0 Å². The van der Waals surface area contributed by atoms with Crippen molar-refractivity contribution in [1.29, 1.82) is 0 Å². The van der Waals surface area contributed by atoms with Crippen molar-refractivity contribution in [3.8, 4) is 0 Å². The fourth-order valence-electron chi connectivity index (χ4n) is 2.75. The normalized spacial score (nSPS) is 21.6. The molecule has 0 bridgehead atoms. The lowest BCUT2D eigenvalue weighted by Gasteiger charge is -2.29. The van der Waals surface area contributed by atoms with Crippen LogP contribution in [-0.2, 0) is 9.47 Å². The average Bonchev–Trinajstić information content (AvgIpc) is 2.48. The Morgan fingerprint density at radius 3 is 2.13 bits per heavy atom. The molecule has 0 unspecified atom stereocenters. The molecule has 1 aliphatic rings. The first-order valence-corrected chi connectivity index (χ1v) is 8.25. The summed E-state index contributed by atoms with van der Waals surface area (Å²) < 4.78 is 10.6. The van der Waals surface area contributed by atoms with Crippen molar-refractivity contribution in [3.63, 3.8) is 0 Å². The van der Waals surface area contributed by atoms with E-state index in [4.69, 9.17) is 9.47 Å². The highest BCUT2D eigenvalue weighted by molar-refractivity contribution is 5.85.